The quantitative estimate of drug-likeness (QED) is 0.807. The summed E-state index contributed by atoms with van der Waals surface area (Å²) >= 11 is 0. The Morgan fingerprint density at radius 3 is 2.53 bits per heavy atom. The molecule has 1 amide bonds. The van der Waals surface area contributed by atoms with Crippen LogP contribution in [-0.2, 0) is 16.0 Å². The Hall–Kier alpha value is -2.35. The van der Waals surface area contributed by atoms with Gasteiger partial charge in [0, 0.05) is 5.92 Å². The van der Waals surface area contributed by atoms with Gasteiger partial charge in [0.05, 0.1) is 12.5 Å². The topological polar surface area (TPSA) is 90.2 Å². The van der Waals surface area contributed by atoms with Crippen LogP contribution in [0.15, 0.2) is 30.3 Å². The Balaban J connectivity index is 2.57. The maximum atomic E-state index is 11.7. The summed E-state index contributed by atoms with van der Waals surface area (Å²) in [7, 11) is 0. The van der Waals surface area contributed by atoms with Gasteiger partial charge >= 0.3 is 5.97 Å². The molecule has 0 unspecified atom stereocenters. The first-order valence-electron chi connectivity index (χ1n) is 5.98. The second kappa shape index (κ2) is 7.17. The smallest absolute Gasteiger partial charge is 0.326 e. The standard InChI is InChI=1S/C14H16N2O3/c1-10(9-15)7-12(14(18)19)16-13(17)8-11-5-3-2-4-6-11/h2-6,10,12H,7-8H2,1H3,(H,16,17)(H,18,19)/t10-,12-/m0/s1. The van der Waals surface area contributed by atoms with Crippen molar-refractivity contribution in [3.63, 3.8) is 0 Å². The Bertz CT molecular complexity index is 479. The van der Waals surface area contributed by atoms with E-state index in [0.717, 1.165) is 5.56 Å². The lowest BCUT2D eigenvalue weighted by Gasteiger charge is -2.15. The van der Waals surface area contributed by atoms with Gasteiger partial charge in [-0.05, 0) is 18.9 Å². The predicted molar refractivity (Wildman–Crippen MR) is 69.1 cm³/mol. The number of rotatable bonds is 6. The van der Waals surface area contributed by atoms with Crippen LogP contribution >= 0.6 is 0 Å². The summed E-state index contributed by atoms with van der Waals surface area (Å²) in [5.74, 6) is -1.90. The van der Waals surface area contributed by atoms with Crippen molar-refractivity contribution in [3.8, 4) is 6.07 Å². The van der Waals surface area contributed by atoms with Crippen LogP contribution < -0.4 is 5.32 Å². The maximum absolute atomic E-state index is 11.7. The van der Waals surface area contributed by atoms with Crippen LogP contribution in [-0.4, -0.2) is 23.0 Å². The van der Waals surface area contributed by atoms with E-state index in [4.69, 9.17) is 10.4 Å². The van der Waals surface area contributed by atoms with Gasteiger partial charge in [0.15, 0.2) is 0 Å². The predicted octanol–water partition coefficient (Wildman–Crippen LogP) is 1.35. The molecule has 19 heavy (non-hydrogen) atoms. The minimum Gasteiger partial charge on any atom is -0.480 e. The fourth-order valence-corrected chi connectivity index (χ4v) is 1.65. The molecule has 2 N–H and O–H groups in total. The molecular formula is C14H16N2O3. The largest absolute Gasteiger partial charge is 0.480 e. The van der Waals surface area contributed by atoms with Gasteiger partial charge in [0.1, 0.15) is 6.04 Å². The lowest BCUT2D eigenvalue weighted by atomic mass is 10.0. The second-order valence-electron chi connectivity index (χ2n) is 4.39. The molecule has 0 aromatic heterocycles. The molecule has 5 nitrogen and oxygen atoms in total. The van der Waals surface area contributed by atoms with Crippen LogP contribution in [0, 0.1) is 17.2 Å². The van der Waals surface area contributed by atoms with Crippen LogP contribution in [0.25, 0.3) is 0 Å². The van der Waals surface area contributed by atoms with Crippen LogP contribution in [0.5, 0.6) is 0 Å². The summed E-state index contributed by atoms with van der Waals surface area (Å²) in [5, 5.41) is 20.1. The lowest BCUT2D eigenvalue weighted by Crippen LogP contribution is -2.42. The molecule has 0 aliphatic heterocycles. The molecular weight excluding hydrogens is 244 g/mol. The number of carboxylic acids is 1. The summed E-state index contributed by atoms with van der Waals surface area (Å²) in [6.07, 6.45) is 0.234. The van der Waals surface area contributed by atoms with E-state index in [2.05, 4.69) is 5.32 Å². The van der Waals surface area contributed by atoms with Crippen molar-refractivity contribution in [2.45, 2.75) is 25.8 Å². The minimum atomic E-state index is -1.12. The van der Waals surface area contributed by atoms with Crippen molar-refractivity contribution in [2.75, 3.05) is 0 Å². The van der Waals surface area contributed by atoms with Crippen molar-refractivity contribution in [1.82, 2.24) is 5.32 Å². The van der Waals surface area contributed by atoms with Crippen molar-refractivity contribution in [1.29, 1.82) is 5.26 Å². The van der Waals surface area contributed by atoms with Gasteiger partial charge < -0.3 is 10.4 Å². The van der Waals surface area contributed by atoms with Gasteiger partial charge in [-0.25, -0.2) is 4.79 Å². The molecule has 0 bridgehead atoms. The van der Waals surface area contributed by atoms with Crippen molar-refractivity contribution < 1.29 is 14.7 Å². The third-order valence-electron chi connectivity index (χ3n) is 2.65. The molecule has 1 aromatic rings. The highest BCUT2D eigenvalue weighted by Gasteiger charge is 2.22. The summed E-state index contributed by atoms with van der Waals surface area (Å²) in [6, 6.07) is 10.0. The number of benzene rings is 1. The maximum Gasteiger partial charge on any atom is 0.326 e. The van der Waals surface area contributed by atoms with Gasteiger partial charge in [-0.2, -0.15) is 5.26 Å². The van der Waals surface area contributed by atoms with Crippen LogP contribution in [0.4, 0.5) is 0 Å². The first-order chi connectivity index (χ1) is 9.02. The number of nitrogens with one attached hydrogen (secondary N) is 1. The van der Waals surface area contributed by atoms with E-state index in [1.54, 1.807) is 19.1 Å². The Labute approximate surface area is 111 Å². The van der Waals surface area contributed by atoms with E-state index >= 15 is 0 Å². The van der Waals surface area contributed by atoms with Gasteiger partial charge in [-0.3, -0.25) is 4.79 Å². The molecule has 0 aliphatic rings. The number of amides is 1. The van der Waals surface area contributed by atoms with Gasteiger partial charge in [0.2, 0.25) is 5.91 Å². The number of aliphatic carboxylic acids is 1. The van der Waals surface area contributed by atoms with E-state index in [0.29, 0.717) is 0 Å². The van der Waals surface area contributed by atoms with Crippen LogP contribution in [0.1, 0.15) is 18.9 Å². The second-order valence-corrected chi connectivity index (χ2v) is 4.39. The average molecular weight is 260 g/mol. The molecule has 0 saturated carbocycles. The van der Waals surface area contributed by atoms with Gasteiger partial charge in [-0.1, -0.05) is 30.3 Å². The summed E-state index contributed by atoms with van der Waals surface area (Å²) in [5.41, 5.74) is 0.817. The number of carbonyl (C=O) groups is 2. The summed E-state index contributed by atoms with van der Waals surface area (Å²) < 4.78 is 0. The molecule has 0 saturated heterocycles. The first-order valence-corrected chi connectivity index (χ1v) is 5.98. The van der Waals surface area contributed by atoms with Crippen molar-refractivity contribution in [3.05, 3.63) is 35.9 Å². The van der Waals surface area contributed by atoms with Crippen LogP contribution in [0.2, 0.25) is 0 Å². The Kier molecular flexibility index (Phi) is 5.55. The zero-order valence-electron chi connectivity index (χ0n) is 10.7. The highest BCUT2D eigenvalue weighted by Crippen LogP contribution is 2.06. The van der Waals surface area contributed by atoms with E-state index in [1.807, 2.05) is 24.3 Å². The van der Waals surface area contributed by atoms with Crippen LogP contribution in [0.3, 0.4) is 0 Å². The number of nitrogens with zero attached hydrogens (tertiary/aromatic N) is 1. The fraction of sp³-hybridized carbons (Fsp3) is 0.357. The normalized spacial score (nSPS) is 13.1. The van der Waals surface area contributed by atoms with Gasteiger partial charge in [0.25, 0.3) is 0 Å². The first kappa shape index (κ1) is 14.7. The number of carbonyl (C=O) groups excluding carboxylic acids is 1. The SMILES string of the molecule is C[C@H](C#N)C[C@H](NC(=O)Cc1ccccc1)C(=O)O. The molecule has 0 spiro atoms. The number of carboxylic acid groups (broad SMARTS) is 1. The summed E-state index contributed by atoms with van der Waals surface area (Å²) in [6.45, 7) is 1.62. The molecule has 1 rings (SSSR count). The average Bonchev–Trinajstić information content (AvgIpc) is 2.38. The fourth-order valence-electron chi connectivity index (χ4n) is 1.65. The Morgan fingerprint density at radius 1 is 1.37 bits per heavy atom. The van der Waals surface area contributed by atoms with E-state index in [1.165, 1.54) is 0 Å². The molecule has 0 aliphatic carbocycles. The zero-order chi connectivity index (χ0) is 14.3. The third-order valence-corrected chi connectivity index (χ3v) is 2.65. The number of nitriles is 1. The van der Waals surface area contributed by atoms with Crippen molar-refractivity contribution >= 4 is 11.9 Å². The monoisotopic (exact) mass is 260 g/mol. The Morgan fingerprint density at radius 2 is 2.00 bits per heavy atom. The molecule has 100 valence electrons. The van der Waals surface area contributed by atoms with E-state index in [9.17, 15) is 9.59 Å². The molecule has 0 radical (unpaired) electrons. The number of hydrogen-bond acceptors (Lipinski definition) is 3. The molecule has 0 heterocycles. The molecule has 2 atom stereocenters. The molecule has 0 fully saturated rings. The lowest BCUT2D eigenvalue weighted by molar-refractivity contribution is -0.142. The van der Waals surface area contributed by atoms with Crippen molar-refractivity contribution in [2.24, 2.45) is 5.92 Å². The highest BCUT2D eigenvalue weighted by molar-refractivity contribution is 5.84. The highest BCUT2D eigenvalue weighted by atomic mass is 16.4. The molecule has 5 heteroatoms. The third kappa shape index (κ3) is 5.21. The molecule has 1 aromatic carbocycles. The summed E-state index contributed by atoms with van der Waals surface area (Å²) in [4.78, 5) is 22.8. The number of hydrogen-bond donors (Lipinski definition) is 2. The van der Waals surface area contributed by atoms with E-state index < -0.39 is 17.9 Å². The van der Waals surface area contributed by atoms with Gasteiger partial charge in [-0.15, -0.1) is 0 Å². The minimum absolute atomic E-state index is 0.104. The van der Waals surface area contributed by atoms with E-state index in [-0.39, 0.29) is 18.7 Å². The zero-order valence-corrected chi connectivity index (χ0v) is 10.7.